The van der Waals surface area contributed by atoms with E-state index in [1.54, 1.807) is 0 Å². The fourth-order valence-electron chi connectivity index (χ4n) is 3.99. The maximum atomic E-state index is 13.5. The van der Waals surface area contributed by atoms with Crippen LogP contribution in [0, 0.1) is 6.92 Å². The number of nitrogens with zero attached hydrogens (tertiary/aromatic N) is 2. The van der Waals surface area contributed by atoms with Crippen LogP contribution in [0.25, 0.3) is 0 Å². The van der Waals surface area contributed by atoms with E-state index in [-0.39, 0.29) is 11.8 Å². The number of benzene rings is 2. The molecule has 3 heteroatoms. The summed E-state index contributed by atoms with van der Waals surface area (Å²) in [4.78, 5) is 15.6. The molecule has 158 valence electrons. The molecule has 1 aromatic heterocycles. The number of amides is 1. The molecule has 0 aliphatic heterocycles. The zero-order valence-corrected chi connectivity index (χ0v) is 18.6. The van der Waals surface area contributed by atoms with Crippen molar-refractivity contribution in [2.75, 3.05) is 6.54 Å². The van der Waals surface area contributed by atoms with Gasteiger partial charge < -0.3 is 9.47 Å². The van der Waals surface area contributed by atoms with Crippen LogP contribution in [0.4, 0.5) is 0 Å². The smallest absolute Gasteiger partial charge is 0.230 e. The van der Waals surface area contributed by atoms with E-state index in [0.717, 1.165) is 37.9 Å². The third-order valence-electron chi connectivity index (χ3n) is 5.88. The van der Waals surface area contributed by atoms with Crippen LogP contribution in [0.1, 0.15) is 61.4 Å². The number of unbranched alkanes of at least 4 members (excludes halogenated alkanes) is 1. The van der Waals surface area contributed by atoms with Crippen molar-refractivity contribution >= 4 is 5.91 Å². The average Bonchev–Trinajstić information content (AvgIpc) is 3.20. The van der Waals surface area contributed by atoms with Gasteiger partial charge in [0.1, 0.15) is 0 Å². The van der Waals surface area contributed by atoms with Crippen LogP contribution >= 0.6 is 0 Å². The molecule has 1 amide bonds. The lowest BCUT2D eigenvalue weighted by Gasteiger charge is -2.28. The van der Waals surface area contributed by atoms with Gasteiger partial charge in [-0.25, -0.2) is 0 Å². The van der Waals surface area contributed by atoms with Gasteiger partial charge in [0.15, 0.2) is 0 Å². The van der Waals surface area contributed by atoms with Gasteiger partial charge >= 0.3 is 0 Å². The van der Waals surface area contributed by atoms with E-state index in [2.05, 4.69) is 85.0 Å². The highest BCUT2D eigenvalue weighted by atomic mass is 16.2. The molecule has 0 radical (unpaired) electrons. The SMILES string of the molecule is CCCCN(Cc1cccn1Cc1ccccc1C)C(=O)[C@@H](CC)c1ccccc1. The molecule has 0 saturated heterocycles. The quantitative estimate of drug-likeness (QED) is 0.398. The molecule has 0 spiro atoms. The van der Waals surface area contributed by atoms with Crippen molar-refractivity contribution in [1.82, 2.24) is 9.47 Å². The fourth-order valence-corrected chi connectivity index (χ4v) is 3.99. The zero-order valence-electron chi connectivity index (χ0n) is 18.6. The summed E-state index contributed by atoms with van der Waals surface area (Å²) in [6.07, 6.45) is 5.04. The molecule has 3 nitrogen and oxygen atoms in total. The first kappa shape index (κ1) is 21.9. The Morgan fingerprint density at radius 2 is 1.70 bits per heavy atom. The average molecular weight is 403 g/mol. The van der Waals surface area contributed by atoms with Crippen LogP contribution in [0.3, 0.4) is 0 Å². The molecule has 0 fully saturated rings. The van der Waals surface area contributed by atoms with Gasteiger partial charge in [-0.1, -0.05) is 74.9 Å². The molecule has 0 saturated carbocycles. The zero-order chi connectivity index (χ0) is 21.3. The predicted octanol–water partition coefficient (Wildman–Crippen LogP) is 6.17. The van der Waals surface area contributed by atoms with Crippen molar-refractivity contribution in [2.45, 2.75) is 59.0 Å². The summed E-state index contributed by atoms with van der Waals surface area (Å²) >= 11 is 0. The second-order valence-electron chi connectivity index (χ2n) is 8.04. The Morgan fingerprint density at radius 3 is 2.40 bits per heavy atom. The highest BCUT2D eigenvalue weighted by Gasteiger charge is 2.25. The molecule has 1 heterocycles. The topological polar surface area (TPSA) is 25.2 Å². The standard InChI is InChI=1S/C27H34N2O/c1-4-6-18-29(27(30)26(5-2)23-14-8-7-9-15-23)21-25-17-12-19-28(25)20-24-16-11-10-13-22(24)3/h7-17,19,26H,4-6,18,20-21H2,1-3H3/t26-/m0/s1. The lowest BCUT2D eigenvalue weighted by atomic mass is 9.95. The molecular weight excluding hydrogens is 368 g/mol. The van der Waals surface area contributed by atoms with Crippen LogP contribution in [-0.4, -0.2) is 21.9 Å². The Balaban J connectivity index is 1.81. The Morgan fingerprint density at radius 1 is 0.967 bits per heavy atom. The number of aromatic nitrogens is 1. The van der Waals surface area contributed by atoms with Gasteiger partial charge in [0.05, 0.1) is 12.5 Å². The Hall–Kier alpha value is -2.81. The third-order valence-corrected chi connectivity index (χ3v) is 5.88. The summed E-state index contributed by atoms with van der Waals surface area (Å²) in [7, 11) is 0. The van der Waals surface area contributed by atoms with Crippen LogP contribution in [0.15, 0.2) is 72.9 Å². The predicted molar refractivity (Wildman–Crippen MR) is 125 cm³/mol. The van der Waals surface area contributed by atoms with E-state index in [1.165, 1.54) is 16.8 Å². The lowest BCUT2D eigenvalue weighted by molar-refractivity contribution is -0.133. The maximum Gasteiger partial charge on any atom is 0.230 e. The summed E-state index contributed by atoms with van der Waals surface area (Å²) in [5.74, 6) is 0.156. The van der Waals surface area contributed by atoms with Gasteiger partial charge in [-0.3, -0.25) is 4.79 Å². The third kappa shape index (κ3) is 5.41. The van der Waals surface area contributed by atoms with Crippen LogP contribution in [0.5, 0.6) is 0 Å². The highest BCUT2D eigenvalue weighted by molar-refractivity contribution is 5.83. The van der Waals surface area contributed by atoms with E-state index < -0.39 is 0 Å². The Labute approximate surface area is 181 Å². The molecule has 0 aliphatic carbocycles. The summed E-state index contributed by atoms with van der Waals surface area (Å²) in [6, 6.07) is 22.9. The molecule has 2 aromatic carbocycles. The summed E-state index contributed by atoms with van der Waals surface area (Å²) in [6.45, 7) is 8.73. The number of carbonyl (C=O) groups excluding carboxylic acids is 1. The van der Waals surface area contributed by atoms with E-state index in [1.807, 2.05) is 18.2 Å². The Kier molecular flexibility index (Phi) is 7.89. The van der Waals surface area contributed by atoms with Crippen molar-refractivity contribution in [1.29, 1.82) is 0 Å². The summed E-state index contributed by atoms with van der Waals surface area (Å²) < 4.78 is 2.28. The van der Waals surface area contributed by atoms with E-state index in [0.29, 0.717) is 6.54 Å². The highest BCUT2D eigenvalue weighted by Crippen LogP contribution is 2.24. The van der Waals surface area contributed by atoms with Crippen LogP contribution in [-0.2, 0) is 17.9 Å². The molecule has 3 aromatic rings. The number of carbonyl (C=O) groups is 1. The van der Waals surface area contributed by atoms with Crippen molar-refractivity contribution in [2.24, 2.45) is 0 Å². The van der Waals surface area contributed by atoms with Crippen LogP contribution in [0.2, 0.25) is 0 Å². The summed E-state index contributed by atoms with van der Waals surface area (Å²) in [5, 5.41) is 0. The molecular formula is C27H34N2O. The van der Waals surface area contributed by atoms with Crippen molar-refractivity contribution in [3.8, 4) is 0 Å². The van der Waals surface area contributed by atoms with Crippen molar-refractivity contribution in [3.05, 3.63) is 95.3 Å². The van der Waals surface area contributed by atoms with Gasteiger partial charge in [0.2, 0.25) is 5.91 Å². The van der Waals surface area contributed by atoms with Gasteiger partial charge in [-0.2, -0.15) is 0 Å². The molecule has 30 heavy (non-hydrogen) atoms. The normalized spacial score (nSPS) is 12.0. The van der Waals surface area contributed by atoms with Gasteiger partial charge in [-0.05, 0) is 48.6 Å². The first-order valence-electron chi connectivity index (χ1n) is 11.2. The second kappa shape index (κ2) is 10.8. The van der Waals surface area contributed by atoms with Gasteiger partial charge in [0, 0.05) is 25.0 Å². The van der Waals surface area contributed by atoms with Crippen molar-refractivity contribution in [3.63, 3.8) is 0 Å². The largest absolute Gasteiger partial charge is 0.345 e. The summed E-state index contributed by atoms with van der Waals surface area (Å²) in [5.41, 5.74) is 4.91. The first-order valence-corrected chi connectivity index (χ1v) is 11.2. The first-order chi connectivity index (χ1) is 14.6. The van der Waals surface area contributed by atoms with Gasteiger partial charge in [-0.15, -0.1) is 0 Å². The minimum atomic E-state index is -0.0807. The molecule has 0 unspecified atom stereocenters. The van der Waals surface area contributed by atoms with Crippen LogP contribution < -0.4 is 0 Å². The molecule has 3 rings (SSSR count). The molecule has 0 aliphatic rings. The number of hydrogen-bond donors (Lipinski definition) is 0. The van der Waals surface area contributed by atoms with E-state index in [9.17, 15) is 4.79 Å². The lowest BCUT2D eigenvalue weighted by Crippen LogP contribution is -2.36. The van der Waals surface area contributed by atoms with E-state index in [4.69, 9.17) is 0 Å². The number of rotatable bonds is 10. The number of aryl methyl sites for hydroxylation is 1. The molecule has 0 N–H and O–H groups in total. The van der Waals surface area contributed by atoms with Crippen molar-refractivity contribution < 1.29 is 4.79 Å². The maximum absolute atomic E-state index is 13.5. The van der Waals surface area contributed by atoms with Gasteiger partial charge in [0.25, 0.3) is 0 Å². The minimum Gasteiger partial charge on any atom is -0.345 e. The fraction of sp³-hybridized carbons (Fsp3) is 0.370. The van der Waals surface area contributed by atoms with E-state index >= 15 is 0 Å². The number of hydrogen-bond acceptors (Lipinski definition) is 1. The monoisotopic (exact) mass is 402 g/mol. The molecule has 1 atom stereocenters. The second-order valence-corrected chi connectivity index (χ2v) is 8.04. The molecule has 0 bridgehead atoms. The minimum absolute atomic E-state index is 0.0807. The Bertz CT molecular complexity index is 929.